The van der Waals surface area contributed by atoms with E-state index in [1.54, 1.807) is 4.90 Å². The van der Waals surface area contributed by atoms with Crippen molar-refractivity contribution >= 4 is 61.9 Å². The molecule has 1 saturated heterocycles. The lowest BCUT2D eigenvalue weighted by molar-refractivity contribution is -0.113. The lowest BCUT2D eigenvalue weighted by Crippen LogP contribution is -2.27. The van der Waals surface area contributed by atoms with Crippen LogP contribution in [0.15, 0.2) is 51.8 Å². The van der Waals surface area contributed by atoms with E-state index in [-0.39, 0.29) is 12.7 Å². The molecule has 0 radical (unpaired) electrons. The van der Waals surface area contributed by atoms with Gasteiger partial charge in [0, 0.05) is 4.47 Å². The fourth-order valence-electron chi connectivity index (χ4n) is 2.45. The van der Waals surface area contributed by atoms with Crippen LogP contribution in [-0.4, -0.2) is 17.0 Å². The molecule has 2 aliphatic rings. The minimum Gasteiger partial charge on any atom is -0.454 e. The van der Waals surface area contributed by atoms with Crippen LogP contribution in [-0.2, 0) is 4.79 Å². The Morgan fingerprint density at radius 1 is 1.17 bits per heavy atom. The van der Waals surface area contributed by atoms with Crippen LogP contribution in [0.3, 0.4) is 0 Å². The second kappa shape index (κ2) is 6.23. The summed E-state index contributed by atoms with van der Waals surface area (Å²) < 4.78 is 12.1. The second-order valence-electron chi connectivity index (χ2n) is 5.08. The van der Waals surface area contributed by atoms with Gasteiger partial charge in [-0.2, -0.15) is 0 Å². The van der Waals surface area contributed by atoms with E-state index < -0.39 is 0 Å². The van der Waals surface area contributed by atoms with Crippen molar-refractivity contribution in [3.8, 4) is 11.5 Å². The predicted molar refractivity (Wildman–Crippen MR) is 102 cm³/mol. The van der Waals surface area contributed by atoms with Crippen LogP contribution in [0.5, 0.6) is 11.5 Å². The molecule has 24 heavy (non-hydrogen) atoms. The number of hydrogen-bond acceptors (Lipinski definition) is 5. The summed E-state index contributed by atoms with van der Waals surface area (Å²) in [5.74, 6) is 1.24. The summed E-state index contributed by atoms with van der Waals surface area (Å²) in [6, 6.07) is 13.1. The van der Waals surface area contributed by atoms with Gasteiger partial charge >= 0.3 is 0 Å². The molecule has 0 N–H and O–H groups in total. The highest BCUT2D eigenvalue weighted by molar-refractivity contribution is 9.10. The number of thioether (sulfide) groups is 1. The molecule has 2 aliphatic heterocycles. The van der Waals surface area contributed by atoms with Crippen molar-refractivity contribution in [1.82, 2.24) is 0 Å². The zero-order valence-corrected chi connectivity index (χ0v) is 15.4. The molecule has 4 nitrogen and oxygen atoms in total. The van der Waals surface area contributed by atoms with E-state index in [0.29, 0.717) is 20.7 Å². The van der Waals surface area contributed by atoms with Crippen LogP contribution < -0.4 is 14.4 Å². The molecule has 7 heteroatoms. The first-order valence-corrected chi connectivity index (χ1v) is 9.07. The maximum Gasteiger partial charge on any atom is 0.270 e. The summed E-state index contributed by atoms with van der Waals surface area (Å²) >= 11 is 10.2. The second-order valence-corrected chi connectivity index (χ2v) is 7.61. The summed E-state index contributed by atoms with van der Waals surface area (Å²) in [7, 11) is 0. The van der Waals surface area contributed by atoms with Crippen molar-refractivity contribution in [3.05, 3.63) is 57.4 Å². The van der Waals surface area contributed by atoms with Gasteiger partial charge < -0.3 is 9.47 Å². The molecule has 0 atom stereocenters. The van der Waals surface area contributed by atoms with Gasteiger partial charge in [-0.3, -0.25) is 9.69 Å². The monoisotopic (exact) mass is 419 g/mol. The number of benzene rings is 2. The third-order valence-electron chi connectivity index (χ3n) is 3.59. The lowest BCUT2D eigenvalue weighted by Gasteiger charge is -2.13. The lowest BCUT2D eigenvalue weighted by atomic mass is 10.2. The number of hydrogen-bond donors (Lipinski definition) is 0. The molecule has 2 aromatic rings. The molecule has 0 aromatic heterocycles. The Hall–Kier alpha value is -1.83. The quantitative estimate of drug-likeness (QED) is 0.525. The Labute approximate surface area is 156 Å². The van der Waals surface area contributed by atoms with Gasteiger partial charge in [-0.25, -0.2) is 0 Å². The highest BCUT2D eigenvalue weighted by Crippen LogP contribution is 2.40. The van der Waals surface area contributed by atoms with E-state index in [1.807, 2.05) is 48.5 Å². The zero-order valence-electron chi connectivity index (χ0n) is 12.2. The number of carbonyl (C=O) groups excluding carboxylic acids is 1. The van der Waals surface area contributed by atoms with Crippen LogP contribution in [0, 0.1) is 0 Å². The van der Waals surface area contributed by atoms with E-state index in [4.69, 9.17) is 21.7 Å². The van der Waals surface area contributed by atoms with Gasteiger partial charge in [0.05, 0.1) is 10.6 Å². The van der Waals surface area contributed by atoms with E-state index in [2.05, 4.69) is 15.9 Å². The van der Waals surface area contributed by atoms with Gasteiger partial charge in [-0.15, -0.1) is 0 Å². The van der Waals surface area contributed by atoms with Crippen molar-refractivity contribution in [3.63, 3.8) is 0 Å². The molecular weight excluding hydrogens is 410 g/mol. The third-order valence-corrected chi connectivity index (χ3v) is 5.58. The highest BCUT2D eigenvalue weighted by atomic mass is 79.9. The van der Waals surface area contributed by atoms with E-state index in [1.165, 1.54) is 11.8 Å². The minimum absolute atomic E-state index is 0.124. The first-order chi connectivity index (χ1) is 11.6. The van der Waals surface area contributed by atoms with Gasteiger partial charge in [-0.05, 0) is 35.9 Å². The predicted octanol–water partition coefficient (Wildman–Crippen LogP) is 4.58. The largest absolute Gasteiger partial charge is 0.454 e. The summed E-state index contributed by atoms with van der Waals surface area (Å²) in [6.45, 7) is 0.210. The van der Waals surface area contributed by atoms with E-state index in [9.17, 15) is 4.79 Å². The van der Waals surface area contributed by atoms with Crippen LogP contribution >= 0.6 is 39.9 Å². The molecule has 1 fully saturated rings. The van der Waals surface area contributed by atoms with Crippen LogP contribution in [0.1, 0.15) is 5.56 Å². The normalized spacial score (nSPS) is 17.9. The Balaban J connectivity index is 1.70. The summed E-state index contributed by atoms with van der Waals surface area (Å²) in [5.41, 5.74) is 1.61. The number of thiocarbonyl (C=S) groups is 1. The highest BCUT2D eigenvalue weighted by Gasteiger charge is 2.33. The van der Waals surface area contributed by atoms with Gasteiger partial charge in [-0.1, -0.05) is 58.1 Å². The van der Waals surface area contributed by atoms with Crippen molar-refractivity contribution < 1.29 is 14.3 Å². The molecule has 2 aromatic carbocycles. The number of para-hydroxylation sites is 1. The van der Waals surface area contributed by atoms with Crippen molar-refractivity contribution in [2.75, 3.05) is 11.7 Å². The van der Waals surface area contributed by atoms with Crippen molar-refractivity contribution in [2.45, 2.75) is 0 Å². The van der Waals surface area contributed by atoms with Crippen LogP contribution in [0.4, 0.5) is 5.69 Å². The molecule has 0 spiro atoms. The number of carbonyl (C=O) groups is 1. The number of halogens is 1. The Morgan fingerprint density at radius 2 is 1.88 bits per heavy atom. The average Bonchev–Trinajstić information content (AvgIpc) is 3.13. The summed E-state index contributed by atoms with van der Waals surface area (Å²) in [4.78, 5) is 14.9. The smallest absolute Gasteiger partial charge is 0.270 e. The van der Waals surface area contributed by atoms with Gasteiger partial charge in [0.25, 0.3) is 5.91 Å². The maximum absolute atomic E-state index is 12.7. The van der Waals surface area contributed by atoms with Crippen LogP contribution in [0.2, 0.25) is 0 Å². The number of anilines is 1. The number of ether oxygens (including phenoxy) is 2. The molecule has 0 saturated carbocycles. The topological polar surface area (TPSA) is 38.8 Å². The molecular formula is C17H10BrNO3S2. The van der Waals surface area contributed by atoms with Crippen molar-refractivity contribution in [2.24, 2.45) is 0 Å². The fourth-order valence-corrected chi connectivity index (χ4v) is 4.18. The van der Waals surface area contributed by atoms with Crippen molar-refractivity contribution in [1.29, 1.82) is 0 Å². The van der Waals surface area contributed by atoms with E-state index >= 15 is 0 Å². The number of fused-ring (bicyclic) bond motifs is 1. The van der Waals surface area contributed by atoms with Gasteiger partial charge in [0.2, 0.25) is 6.79 Å². The number of rotatable bonds is 2. The fraction of sp³-hybridized carbons (Fsp3) is 0.0588. The molecule has 2 heterocycles. The Bertz CT molecular complexity index is 883. The van der Waals surface area contributed by atoms with Crippen LogP contribution in [0.25, 0.3) is 6.08 Å². The first kappa shape index (κ1) is 15.7. The number of amides is 1. The average molecular weight is 420 g/mol. The standard InChI is InChI=1S/C17H10BrNO3S2/c18-12-8-14-13(21-9-22-14)6-10(12)7-15-16(20)19(17(23)24-15)11-4-2-1-3-5-11/h1-8H,9H2. The maximum atomic E-state index is 12.7. The number of nitrogens with zero attached hydrogens (tertiary/aromatic N) is 1. The SMILES string of the molecule is O=C1C(=Cc2cc3c(cc2Br)OCO3)SC(=S)N1c1ccccc1. The first-order valence-electron chi connectivity index (χ1n) is 7.05. The zero-order chi connectivity index (χ0) is 16.7. The molecule has 1 amide bonds. The Kier molecular flexibility index (Phi) is 4.07. The third kappa shape index (κ3) is 2.72. The van der Waals surface area contributed by atoms with Gasteiger partial charge in [0.1, 0.15) is 0 Å². The summed E-state index contributed by atoms with van der Waals surface area (Å²) in [6.07, 6.45) is 1.81. The summed E-state index contributed by atoms with van der Waals surface area (Å²) in [5, 5.41) is 0. The molecule has 120 valence electrons. The molecule has 4 rings (SSSR count). The molecule has 0 bridgehead atoms. The van der Waals surface area contributed by atoms with Gasteiger partial charge in [0.15, 0.2) is 15.8 Å². The van der Waals surface area contributed by atoms with E-state index in [0.717, 1.165) is 15.7 Å². The molecule has 0 aliphatic carbocycles. The molecule has 0 unspecified atom stereocenters. The Morgan fingerprint density at radius 3 is 2.62 bits per heavy atom. The minimum atomic E-state index is -0.124.